The number of aliphatic carboxylic acids is 1. The Morgan fingerprint density at radius 3 is 2.10 bits per heavy atom. The maximum Gasteiger partial charge on any atom is 0.326 e. The molecule has 0 spiro atoms. The van der Waals surface area contributed by atoms with Crippen LogP contribution in [-0.2, 0) is 25.6 Å². The van der Waals surface area contributed by atoms with Gasteiger partial charge in [0.15, 0.2) is 5.96 Å². The molecular weight excluding hydrogens is 508 g/mol. The molecule has 0 fully saturated rings. The Balaban J connectivity index is 2.91. The molecule has 13 N–H and O–H groups in total. The molecule has 3 amide bonds. The van der Waals surface area contributed by atoms with Gasteiger partial charge in [-0.1, -0.05) is 30.3 Å². The summed E-state index contributed by atoms with van der Waals surface area (Å²) >= 11 is 0. The smallest absolute Gasteiger partial charge is 0.326 e. The van der Waals surface area contributed by atoms with Gasteiger partial charge in [0.1, 0.15) is 18.1 Å². The summed E-state index contributed by atoms with van der Waals surface area (Å²) in [5, 5.41) is 27.2. The lowest BCUT2D eigenvalue weighted by atomic mass is 10.0. The van der Waals surface area contributed by atoms with E-state index in [0.29, 0.717) is 31.4 Å². The minimum Gasteiger partial charge on any atom is -0.480 e. The number of amides is 3. The van der Waals surface area contributed by atoms with Crippen molar-refractivity contribution in [3.05, 3.63) is 35.9 Å². The van der Waals surface area contributed by atoms with Crippen molar-refractivity contribution in [2.24, 2.45) is 27.9 Å². The maximum atomic E-state index is 13.1. The zero-order valence-electron chi connectivity index (χ0n) is 22.2. The number of aliphatic imine (C=N–C) groups is 1. The van der Waals surface area contributed by atoms with Crippen LogP contribution in [0.4, 0.5) is 0 Å². The maximum absolute atomic E-state index is 13.1. The van der Waals surface area contributed by atoms with Gasteiger partial charge in [0.25, 0.3) is 0 Å². The van der Waals surface area contributed by atoms with Crippen molar-refractivity contribution in [2.75, 3.05) is 13.1 Å². The summed E-state index contributed by atoms with van der Waals surface area (Å²) in [5.41, 5.74) is 22.7. The van der Waals surface area contributed by atoms with E-state index in [1.807, 2.05) is 0 Å². The SMILES string of the molecule is CC(O)C(NC(=O)C(N)CCCN=C(N)N)C(=O)NC(CCCCN)C(=O)NC(Cc1ccccc1)C(=O)O. The average molecular weight is 551 g/mol. The first-order valence-corrected chi connectivity index (χ1v) is 12.8. The molecule has 1 aromatic carbocycles. The first-order valence-electron chi connectivity index (χ1n) is 12.8. The molecular formula is C25H42N8O6. The Bertz CT molecular complexity index is 955. The van der Waals surface area contributed by atoms with E-state index in [2.05, 4.69) is 20.9 Å². The van der Waals surface area contributed by atoms with E-state index in [-0.39, 0.29) is 31.8 Å². The zero-order chi connectivity index (χ0) is 29.4. The van der Waals surface area contributed by atoms with Crippen LogP contribution in [0, 0.1) is 0 Å². The molecule has 14 heteroatoms. The molecule has 0 radical (unpaired) electrons. The van der Waals surface area contributed by atoms with Gasteiger partial charge in [-0.15, -0.1) is 0 Å². The summed E-state index contributed by atoms with van der Waals surface area (Å²) in [5.74, 6) is -3.54. The normalized spacial score (nSPS) is 14.7. The first-order chi connectivity index (χ1) is 18.5. The fourth-order valence-electron chi connectivity index (χ4n) is 3.66. The number of aliphatic hydroxyl groups is 1. The molecule has 39 heavy (non-hydrogen) atoms. The van der Waals surface area contributed by atoms with Gasteiger partial charge in [-0.05, 0) is 51.1 Å². The second-order valence-electron chi connectivity index (χ2n) is 9.22. The molecule has 0 bridgehead atoms. The molecule has 0 aliphatic carbocycles. The van der Waals surface area contributed by atoms with Gasteiger partial charge in [-0.3, -0.25) is 19.4 Å². The van der Waals surface area contributed by atoms with Crippen molar-refractivity contribution < 1.29 is 29.4 Å². The van der Waals surface area contributed by atoms with Gasteiger partial charge in [0.05, 0.1) is 12.1 Å². The Hall–Kier alpha value is -3.75. The monoisotopic (exact) mass is 550 g/mol. The molecule has 14 nitrogen and oxygen atoms in total. The minimum absolute atomic E-state index is 0.0405. The Kier molecular flexibility index (Phi) is 15.1. The second kappa shape index (κ2) is 17.7. The van der Waals surface area contributed by atoms with E-state index in [9.17, 15) is 29.4 Å². The molecule has 0 aliphatic heterocycles. The molecule has 5 unspecified atom stereocenters. The summed E-state index contributed by atoms with van der Waals surface area (Å²) < 4.78 is 0. The standard InChI is InChI=1S/C25H42N8O6/c1-15(34)20(33-21(35)17(27)10-7-13-30-25(28)29)23(37)31-18(11-5-6-12-26)22(36)32-19(24(38)39)14-16-8-3-2-4-9-16/h2-4,8-9,15,17-20,34H,5-7,10-14,26-27H2,1H3,(H,31,37)(H,32,36)(H,33,35)(H,38,39)(H4,28,29,30). The van der Waals surface area contributed by atoms with Crippen LogP contribution in [0.2, 0.25) is 0 Å². The van der Waals surface area contributed by atoms with E-state index >= 15 is 0 Å². The molecule has 0 saturated heterocycles. The Morgan fingerprint density at radius 1 is 0.897 bits per heavy atom. The van der Waals surface area contributed by atoms with Gasteiger partial charge >= 0.3 is 5.97 Å². The fourth-order valence-corrected chi connectivity index (χ4v) is 3.66. The quantitative estimate of drug-likeness (QED) is 0.0534. The van der Waals surface area contributed by atoms with Crippen molar-refractivity contribution in [1.82, 2.24) is 16.0 Å². The van der Waals surface area contributed by atoms with Crippen LogP contribution in [0.25, 0.3) is 0 Å². The highest BCUT2D eigenvalue weighted by atomic mass is 16.4. The topological polar surface area (TPSA) is 261 Å². The van der Waals surface area contributed by atoms with Crippen LogP contribution in [-0.4, -0.2) is 83.2 Å². The predicted octanol–water partition coefficient (Wildman–Crippen LogP) is -2.34. The van der Waals surface area contributed by atoms with E-state index < -0.39 is 54.0 Å². The lowest BCUT2D eigenvalue weighted by Crippen LogP contribution is -2.59. The third kappa shape index (κ3) is 13.0. The number of carbonyl (C=O) groups is 4. The van der Waals surface area contributed by atoms with Crippen molar-refractivity contribution in [3.8, 4) is 0 Å². The third-order valence-electron chi connectivity index (χ3n) is 5.84. The molecule has 0 aromatic heterocycles. The molecule has 1 aromatic rings. The highest BCUT2D eigenvalue weighted by Gasteiger charge is 2.32. The number of rotatable bonds is 18. The van der Waals surface area contributed by atoms with Crippen molar-refractivity contribution in [1.29, 1.82) is 0 Å². The van der Waals surface area contributed by atoms with Gasteiger partial charge in [-0.2, -0.15) is 0 Å². The number of nitrogens with two attached hydrogens (primary N) is 4. The second-order valence-corrected chi connectivity index (χ2v) is 9.22. The Morgan fingerprint density at radius 2 is 1.54 bits per heavy atom. The van der Waals surface area contributed by atoms with Crippen molar-refractivity contribution in [3.63, 3.8) is 0 Å². The van der Waals surface area contributed by atoms with Gasteiger partial charge in [-0.25, -0.2) is 4.79 Å². The number of benzene rings is 1. The van der Waals surface area contributed by atoms with Crippen LogP contribution in [0.5, 0.6) is 0 Å². The van der Waals surface area contributed by atoms with Gasteiger partial charge in [0, 0.05) is 13.0 Å². The number of guanidine groups is 1. The average Bonchev–Trinajstić information content (AvgIpc) is 2.88. The number of hydrogen-bond donors (Lipinski definition) is 9. The van der Waals surface area contributed by atoms with Crippen LogP contribution < -0.4 is 38.9 Å². The third-order valence-corrected chi connectivity index (χ3v) is 5.84. The van der Waals surface area contributed by atoms with E-state index in [4.69, 9.17) is 22.9 Å². The van der Waals surface area contributed by atoms with E-state index in [0.717, 1.165) is 0 Å². The zero-order valence-corrected chi connectivity index (χ0v) is 22.2. The highest BCUT2D eigenvalue weighted by molar-refractivity contribution is 5.94. The number of carboxylic acid groups (broad SMARTS) is 1. The van der Waals surface area contributed by atoms with E-state index in [1.54, 1.807) is 30.3 Å². The highest BCUT2D eigenvalue weighted by Crippen LogP contribution is 2.07. The number of hydrogen-bond acceptors (Lipinski definition) is 8. The number of carbonyl (C=O) groups excluding carboxylic acids is 3. The molecule has 5 atom stereocenters. The number of aliphatic hydroxyl groups excluding tert-OH is 1. The Labute approximate surface area is 228 Å². The number of nitrogens with zero attached hydrogens (tertiary/aromatic N) is 1. The lowest BCUT2D eigenvalue weighted by molar-refractivity contribution is -0.142. The first kappa shape index (κ1) is 33.3. The van der Waals surface area contributed by atoms with Gasteiger partial charge in [0.2, 0.25) is 17.7 Å². The molecule has 0 heterocycles. The fraction of sp³-hybridized carbons (Fsp3) is 0.560. The molecule has 0 aliphatic rings. The van der Waals surface area contributed by atoms with Crippen LogP contribution in [0.1, 0.15) is 44.6 Å². The molecule has 1 rings (SSSR count). The summed E-state index contributed by atoms with van der Waals surface area (Å²) in [6.45, 7) is 1.94. The van der Waals surface area contributed by atoms with Gasteiger partial charge < -0.3 is 49.1 Å². The molecule has 218 valence electrons. The lowest BCUT2D eigenvalue weighted by Gasteiger charge is -2.26. The largest absolute Gasteiger partial charge is 0.480 e. The van der Waals surface area contributed by atoms with Crippen LogP contribution >= 0.6 is 0 Å². The summed E-state index contributed by atoms with van der Waals surface area (Å²) in [6, 6.07) is 4.01. The summed E-state index contributed by atoms with van der Waals surface area (Å²) in [6.07, 6.45) is 0.555. The van der Waals surface area contributed by atoms with Crippen LogP contribution in [0.3, 0.4) is 0 Å². The summed E-state index contributed by atoms with van der Waals surface area (Å²) in [7, 11) is 0. The van der Waals surface area contributed by atoms with Crippen molar-refractivity contribution >= 4 is 29.7 Å². The van der Waals surface area contributed by atoms with E-state index in [1.165, 1.54) is 6.92 Å². The van der Waals surface area contributed by atoms with Crippen molar-refractivity contribution in [2.45, 2.75) is 75.7 Å². The number of carboxylic acids is 1. The summed E-state index contributed by atoms with van der Waals surface area (Å²) in [4.78, 5) is 54.3. The number of unbranched alkanes of at least 4 members (excludes halogenated alkanes) is 1. The predicted molar refractivity (Wildman–Crippen MR) is 146 cm³/mol. The van der Waals surface area contributed by atoms with Crippen LogP contribution in [0.15, 0.2) is 35.3 Å². The molecule has 0 saturated carbocycles. The minimum atomic E-state index is -1.41. The number of nitrogens with one attached hydrogen (secondary N) is 3.